The number of aliphatic hydroxyl groups excluding tert-OH is 1. The highest BCUT2D eigenvalue weighted by Crippen LogP contribution is 2.09. The Kier molecular flexibility index (Phi) is 7.98. The van der Waals surface area contributed by atoms with Gasteiger partial charge in [-0.05, 0) is 50.4 Å². The summed E-state index contributed by atoms with van der Waals surface area (Å²) in [5.41, 5.74) is 0.860. The Morgan fingerprint density at radius 3 is 2.83 bits per heavy atom. The maximum Gasteiger partial charge on any atom is 0.191 e. The number of rotatable bonds is 7. The minimum absolute atomic E-state index is 0.116. The third-order valence-electron chi connectivity index (χ3n) is 4.15. The fourth-order valence-corrected chi connectivity index (χ4v) is 2.80. The van der Waals surface area contributed by atoms with Crippen LogP contribution in [0.15, 0.2) is 29.3 Å². The topological polar surface area (TPSA) is 59.9 Å². The highest BCUT2D eigenvalue weighted by atomic mass is 19.1. The Balaban J connectivity index is 1.71. The quantitative estimate of drug-likeness (QED) is 0.403. The first-order valence-electron chi connectivity index (χ1n) is 8.84. The minimum Gasteiger partial charge on any atom is -0.393 e. The van der Waals surface area contributed by atoms with Gasteiger partial charge < -0.3 is 20.6 Å². The molecule has 24 heavy (non-hydrogen) atoms. The lowest BCUT2D eigenvalue weighted by Crippen LogP contribution is -2.40. The van der Waals surface area contributed by atoms with Crippen molar-refractivity contribution in [2.24, 2.45) is 4.99 Å². The molecule has 1 aliphatic heterocycles. The molecule has 0 aliphatic carbocycles. The largest absolute Gasteiger partial charge is 0.393 e. The van der Waals surface area contributed by atoms with Crippen molar-refractivity contribution >= 4 is 5.96 Å². The van der Waals surface area contributed by atoms with Gasteiger partial charge in [-0.15, -0.1) is 0 Å². The number of piperidine rings is 1. The van der Waals surface area contributed by atoms with E-state index in [1.165, 1.54) is 12.1 Å². The molecule has 5 nitrogen and oxygen atoms in total. The molecule has 0 aromatic heterocycles. The summed E-state index contributed by atoms with van der Waals surface area (Å²) in [4.78, 5) is 6.89. The van der Waals surface area contributed by atoms with E-state index in [0.717, 1.165) is 63.5 Å². The van der Waals surface area contributed by atoms with Crippen LogP contribution in [0, 0.1) is 5.82 Å². The van der Waals surface area contributed by atoms with Gasteiger partial charge in [-0.3, -0.25) is 0 Å². The number of nitrogens with one attached hydrogen (secondary N) is 2. The average molecular weight is 336 g/mol. The maximum absolute atomic E-state index is 13.2. The van der Waals surface area contributed by atoms with Crippen LogP contribution in [0.4, 0.5) is 4.39 Å². The van der Waals surface area contributed by atoms with Gasteiger partial charge >= 0.3 is 0 Å². The third-order valence-corrected chi connectivity index (χ3v) is 4.15. The maximum atomic E-state index is 13.2. The van der Waals surface area contributed by atoms with E-state index in [2.05, 4.69) is 20.5 Å². The lowest BCUT2D eigenvalue weighted by atomic mass is 10.1. The minimum atomic E-state index is -0.229. The summed E-state index contributed by atoms with van der Waals surface area (Å²) in [6.07, 6.45) is 2.67. The Hall–Kier alpha value is -1.66. The number of benzene rings is 1. The molecule has 0 bridgehead atoms. The number of hydrogen-bond donors (Lipinski definition) is 3. The molecule has 0 unspecified atom stereocenters. The number of aliphatic imine (C=N–C) groups is 1. The summed E-state index contributed by atoms with van der Waals surface area (Å²) in [6, 6.07) is 6.53. The van der Waals surface area contributed by atoms with Crippen LogP contribution >= 0.6 is 0 Å². The van der Waals surface area contributed by atoms with Crippen molar-refractivity contribution < 1.29 is 9.50 Å². The van der Waals surface area contributed by atoms with Crippen molar-refractivity contribution in [3.8, 4) is 0 Å². The molecule has 3 N–H and O–H groups in total. The zero-order valence-electron chi connectivity index (χ0n) is 14.5. The van der Waals surface area contributed by atoms with E-state index in [1.807, 2.05) is 13.0 Å². The zero-order chi connectivity index (χ0) is 17.2. The van der Waals surface area contributed by atoms with Crippen molar-refractivity contribution in [2.45, 2.75) is 38.8 Å². The molecule has 0 amide bonds. The second-order valence-electron chi connectivity index (χ2n) is 6.18. The highest BCUT2D eigenvalue weighted by Gasteiger charge is 2.15. The lowest BCUT2D eigenvalue weighted by molar-refractivity contribution is 0.0823. The highest BCUT2D eigenvalue weighted by molar-refractivity contribution is 5.79. The van der Waals surface area contributed by atoms with Gasteiger partial charge in [-0.1, -0.05) is 12.1 Å². The Bertz CT molecular complexity index is 515. The van der Waals surface area contributed by atoms with Gasteiger partial charge in [0.25, 0.3) is 0 Å². The standard InChI is InChI=1S/C18H29FN4O/c1-2-20-18(22-14-15-5-3-6-16(19)13-15)21-9-4-10-23-11-7-17(24)8-12-23/h3,5-6,13,17,24H,2,4,7-12,14H2,1H3,(H2,20,21,22). The first-order valence-corrected chi connectivity index (χ1v) is 8.84. The van der Waals surface area contributed by atoms with E-state index in [0.29, 0.717) is 6.54 Å². The van der Waals surface area contributed by atoms with Crippen LogP contribution < -0.4 is 10.6 Å². The average Bonchev–Trinajstić information content (AvgIpc) is 2.58. The zero-order valence-corrected chi connectivity index (χ0v) is 14.5. The van der Waals surface area contributed by atoms with Crippen LogP contribution in [0.3, 0.4) is 0 Å². The molecule has 1 saturated heterocycles. The number of guanidine groups is 1. The van der Waals surface area contributed by atoms with E-state index in [9.17, 15) is 9.50 Å². The van der Waals surface area contributed by atoms with Crippen LogP contribution in [0.5, 0.6) is 0 Å². The smallest absolute Gasteiger partial charge is 0.191 e. The van der Waals surface area contributed by atoms with Gasteiger partial charge in [-0.25, -0.2) is 9.38 Å². The molecule has 1 aromatic carbocycles. The van der Waals surface area contributed by atoms with Crippen molar-refractivity contribution in [1.29, 1.82) is 0 Å². The lowest BCUT2D eigenvalue weighted by Gasteiger charge is -2.29. The molecule has 134 valence electrons. The Morgan fingerprint density at radius 2 is 2.12 bits per heavy atom. The molecule has 0 spiro atoms. The monoisotopic (exact) mass is 336 g/mol. The summed E-state index contributed by atoms with van der Waals surface area (Å²) in [5, 5.41) is 16.0. The van der Waals surface area contributed by atoms with Crippen LogP contribution in [0.1, 0.15) is 31.7 Å². The third kappa shape index (κ3) is 6.84. The second kappa shape index (κ2) is 10.3. The fourth-order valence-electron chi connectivity index (χ4n) is 2.80. The van der Waals surface area contributed by atoms with E-state index in [1.54, 1.807) is 6.07 Å². The molecule has 1 fully saturated rings. The number of likely N-dealkylation sites (tertiary alicyclic amines) is 1. The summed E-state index contributed by atoms with van der Waals surface area (Å²) in [7, 11) is 0. The molecular weight excluding hydrogens is 307 g/mol. The molecule has 0 atom stereocenters. The van der Waals surface area contributed by atoms with Gasteiger partial charge in [0, 0.05) is 26.2 Å². The van der Waals surface area contributed by atoms with E-state index < -0.39 is 0 Å². The molecule has 1 aromatic rings. The van der Waals surface area contributed by atoms with Crippen molar-refractivity contribution in [3.05, 3.63) is 35.6 Å². The molecule has 1 aliphatic rings. The molecule has 6 heteroatoms. The first-order chi connectivity index (χ1) is 11.7. The molecule has 0 radical (unpaired) electrons. The summed E-state index contributed by atoms with van der Waals surface area (Å²) < 4.78 is 13.2. The van der Waals surface area contributed by atoms with Gasteiger partial charge in [0.15, 0.2) is 5.96 Å². The normalized spacial score (nSPS) is 17.0. The molecule has 1 heterocycles. The van der Waals surface area contributed by atoms with Crippen LogP contribution in [0.2, 0.25) is 0 Å². The van der Waals surface area contributed by atoms with Gasteiger partial charge in [0.2, 0.25) is 0 Å². The van der Waals surface area contributed by atoms with Gasteiger partial charge in [0.1, 0.15) is 5.82 Å². The Morgan fingerprint density at radius 1 is 1.33 bits per heavy atom. The summed E-state index contributed by atoms with van der Waals surface area (Å²) in [6.45, 7) is 7.11. The Labute approximate surface area is 144 Å². The number of hydrogen-bond acceptors (Lipinski definition) is 3. The van der Waals surface area contributed by atoms with Crippen LogP contribution in [0.25, 0.3) is 0 Å². The van der Waals surface area contributed by atoms with Crippen molar-refractivity contribution in [3.63, 3.8) is 0 Å². The number of nitrogens with zero attached hydrogens (tertiary/aromatic N) is 2. The predicted molar refractivity (Wildman–Crippen MR) is 95.5 cm³/mol. The first kappa shape index (κ1) is 18.7. The predicted octanol–water partition coefficient (Wildman–Crippen LogP) is 1.73. The van der Waals surface area contributed by atoms with E-state index in [-0.39, 0.29) is 11.9 Å². The van der Waals surface area contributed by atoms with Crippen LogP contribution in [-0.2, 0) is 6.54 Å². The molecule has 0 saturated carbocycles. The molecular formula is C18H29FN4O. The summed E-state index contributed by atoms with van der Waals surface area (Å²) in [5.74, 6) is 0.531. The van der Waals surface area contributed by atoms with Gasteiger partial charge in [-0.2, -0.15) is 0 Å². The second-order valence-corrected chi connectivity index (χ2v) is 6.18. The van der Waals surface area contributed by atoms with Gasteiger partial charge in [0.05, 0.1) is 12.6 Å². The van der Waals surface area contributed by atoms with Crippen molar-refractivity contribution in [2.75, 3.05) is 32.7 Å². The molecule has 2 rings (SSSR count). The van der Waals surface area contributed by atoms with Crippen molar-refractivity contribution in [1.82, 2.24) is 15.5 Å². The fraction of sp³-hybridized carbons (Fsp3) is 0.611. The number of aliphatic hydroxyl groups is 1. The number of halogens is 1. The van der Waals surface area contributed by atoms with E-state index >= 15 is 0 Å². The SMILES string of the molecule is CCNC(=NCc1cccc(F)c1)NCCCN1CCC(O)CC1. The van der Waals surface area contributed by atoms with Crippen LogP contribution in [-0.4, -0.2) is 54.8 Å². The van der Waals surface area contributed by atoms with E-state index in [4.69, 9.17) is 0 Å². The summed E-state index contributed by atoms with van der Waals surface area (Å²) >= 11 is 0.